The summed E-state index contributed by atoms with van der Waals surface area (Å²) < 4.78 is 31.2. The molecular formula is C23H31NO4S. The Morgan fingerprint density at radius 1 is 0.966 bits per heavy atom. The Morgan fingerprint density at radius 3 is 2.10 bits per heavy atom. The molecule has 29 heavy (non-hydrogen) atoms. The maximum Gasteiger partial charge on any atom is 0.310 e. The van der Waals surface area contributed by atoms with Gasteiger partial charge in [0.2, 0.25) is 10.0 Å². The molecule has 2 aromatic rings. The standard InChI is InChI=1S/C23H31NO4S/c1-6-28-22(25)15-19-8-7-9-20(14-19)17-24(29(5,26)27)16-18-10-12-21(13-11-18)23(2,3)4/h7-14H,6,15-17H2,1-5H3. The molecule has 0 unspecified atom stereocenters. The molecule has 158 valence electrons. The summed E-state index contributed by atoms with van der Waals surface area (Å²) in [6, 6.07) is 15.5. The third-order valence-electron chi connectivity index (χ3n) is 4.65. The molecule has 0 heterocycles. The van der Waals surface area contributed by atoms with E-state index in [1.165, 1.54) is 16.1 Å². The monoisotopic (exact) mass is 417 g/mol. The summed E-state index contributed by atoms with van der Waals surface area (Å²) >= 11 is 0. The minimum Gasteiger partial charge on any atom is -0.466 e. The number of carbonyl (C=O) groups is 1. The summed E-state index contributed by atoms with van der Waals surface area (Å²) in [5.41, 5.74) is 3.84. The smallest absolute Gasteiger partial charge is 0.310 e. The number of ether oxygens (including phenoxy) is 1. The molecule has 0 amide bonds. The molecule has 2 rings (SSSR count). The van der Waals surface area contributed by atoms with Crippen LogP contribution in [0.1, 0.15) is 49.9 Å². The molecule has 0 bridgehead atoms. The van der Waals surface area contributed by atoms with Gasteiger partial charge in [-0.3, -0.25) is 4.79 Å². The van der Waals surface area contributed by atoms with E-state index in [2.05, 4.69) is 32.9 Å². The zero-order valence-electron chi connectivity index (χ0n) is 17.9. The summed E-state index contributed by atoms with van der Waals surface area (Å²) in [5.74, 6) is -0.288. The molecule has 0 saturated carbocycles. The Balaban J connectivity index is 2.17. The predicted octanol–water partition coefficient (Wildman–Crippen LogP) is 4.05. The number of benzene rings is 2. The lowest BCUT2D eigenvalue weighted by Crippen LogP contribution is -2.29. The van der Waals surface area contributed by atoms with Crippen molar-refractivity contribution in [3.8, 4) is 0 Å². The molecule has 0 atom stereocenters. The molecular weight excluding hydrogens is 386 g/mol. The lowest BCUT2D eigenvalue weighted by molar-refractivity contribution is -0.142. The predicted molar refractivity (Wildman–Crippen MR) is 116 cm³/mol. The van der Waals surface area contributed by atoms with Gasteiger partial charge in [0.05, 0.1) is 19.3 Å². The van der Waals surface area contributed by atoms with Crippen LogP contribution >= 0.6 is 0 Å². The average Bonchev–Trinajstić information content (AvgIpc) is 2.60. The van der Waals surface area contributed by atoms with Crippen LogP contribution in [0.5, 0.6) is 0 Å². The second-order valence-corrected chi connectivity index (χ2v) is 10.3. The second-order valence-electron chi connectivity index (χ2n) is 8.28. The summed E-state index contributed by atoms with van der Waals surface area (Å²) in [6.07, 6.45) is 1.40. The first-order chi connectivity index (χ1) is 13.5. The molecule has 0 spiro atoms. The van der Waals surface area contributed by atoms with Gasteiger partial charge in [0, 0.05) is 13.1 Å². The van der Waals surface area contributed by atoms with Crippen molar-refractivity contribution in [3.05, 3.63) is 70.8 Å². The Labute approximate surface area is 174 Å². The van der Waals surface area contributed by atoms with Crippen LogP contribution in [0.2, 0.25) is 0 Å². The highest BCUT2D eigenvalue weighted by Gasteiger charge is 2.19. The summed E-state index contributed by atoms with van der Waals surface area (Å²) in [4.78, 5) is 11.7. The van der Waals surface area contributed by atoms with Crippen molar-refractivity contribution in [3.63, 3.8) is 0 Å². The minimum atomic E-state index is -3.40. The van der Waals surface area contributed by atoms with Gasteiger partial charge in [0.25, 0.3) is 0 Å². The van der Waals surface area contributed by atoms with Crippen molar-refractivity contribution in [1.29, 1.82) is 0 Å². The highest BCUT2D eigenvalue weighted by molar-refractivity contribution is 7.88. The van der Waals surface area contributed by atoms with Crippen LogP contribution in [-0.4, -0.2) is 31.6 Å². The number of sulfonamides is 1. The Morgan fingerprint density at radius 2 is 1.55 bits per heavy atom. The molecule has 5 nitrogen and oxygen atoms in total. The molecule has 0 fully saturated rings. The van der Waals surface area contributed by atoms with Crippen LogP contribution < -0.4 is 0 Å². The van der Waals surface area contributed by atoms with Crippen LogP contribution in [0.25, 0.3) is 0 Å². The Bertz CT molecular complexity index is 928. The SMILES string of the molecule is CCOC(=O)Cc1cccc(CN(Cc2ccc(C(C)(C)C)cc2)S(C)(=O)=O)c1. The molecule has 2 aromatic carbocycles. The molecule has 0 radical (unpaired) electrons. The number of carbonyl (C=O) groups excluding carboxylic acids is 1. The van der Waals surface area contributed by atoms with E-state index in [1.54, 1.807) is 6.92 Å². The number of esters is 1. The third kappa shape index (κ3) is 7.29. The first-order valence-corrected chi connectivity index (χ1v) is 11.6. The van der Waals surface area contributed by atoms with Crippen LogP contribution in [0.4, 0.5) is 0 Å². The maximum atomic E-state index is 12.4. The van der Waals surface area contributed by atoms with Crippen LogP contribution in [0.15, 0.2) is 48.5 Å². The first kappa shape index (κ1) is 23.1. The van der Waals surface area contributed by atoms with E-state index < -0.39 is 10.0 Å². The van der Waals surface area contributed by atoms with Crippen molar-refractivity contribution in [1.82, 2.24) is 4.31 Å². The van der Waals surface area contributed by atoms with Crippen molar-refractivity contribution in [2.24, 2.45) is 0 Å². The van der Waals surface area contributed by atoms with Gasteiger partial charge < -0.3 is 4.74 Å². The van der Waals surface area contributed by atoms with Crippen LogP contribution in [0.3, 0.4) is 0 Å². The summed E-state index contributed by atoms with van der Waals surface area (Å²) in [6.45, 7) is 9.10. The van der Waals surface area contributed by atoms with Crippen molar-refractivity contribution in [2.75, 3.05) is 12.9 Å². The van der Waals surface area contributed by atoms with Crippen LogP contribution in [0, 0.1) is 0 Å². The third-order valence-corrected chi connectivity index (χ3v) is 5.85. The summed E-state index contributed by atoms with van der Waals surface area (Å²) in [5, 5.41) is 0. The fourth-order valence-corrected chi connectivity index (χ4v) is 3.79. The fourth-order valence-electron chi connectivity index (χ4n) is 3.02. The van der Waals surface area contributed by atoms with Crippen molar-refractivity contribution in [2.45, 2.75) is 52.6 Å². The van der Waals surface area contributed by atoms with Gasteiger partial charge in [0.1, 0.15) is 0 Å². The highest BCUT2D eigenvalue weighted by Crippen LogP contribution is 2.23. The molecule has 0 aliphatic rings. The zero-order chi connectivity index (χ0) is 21.7. The van der Waals surface area contributed by atoms with Gasteiger partial charge in [-0.25, -0.2) is 8.42 Å². The van der Waals surface area contributed by atoms with E-state index in [4.69, 9.17) is 4.74 Å². The number of hydrogen-bond donors (Lipinski definition) is 0. The highest BCUT2D eigenvalue weighted by atomic mass is 32.2. The summed E-state index contributed by atoms with van der Waals surface area (Å²) in [7, 11) is -3.40. The number of nitrogens with zero attached hydrogens (tertiary/aromatic N) is 1. The van der Waals surface area contributed by atoms with E-state index >= 15 is 0 Å². The van der Waals surface area contributed by atoms with Crippen LogP contribution in [-0.2, 0) is 44.5 Å². The Hall–Kier alpha value is -2.18. The minimum absolute atomic E-state index is 0.0500. The molecule has 0 aliphatic carbocycles. The van der Waals surface area contributed by atoms with E-state index in [1.807, 2.05) is 36.4 Å². The molecule has 0 saturated heterocycles. The second kappa shape index (κ2) is 9.55. The molecule has 0 aliphatic heterocycles. The lowest BCUT2D eigenvalue weighted by Gasteiger charge is -2.22. The van der Waals surface area contributed by atoms with E-state index in [9.17, 15) is 13.2 Å². The quantitative estimate of drug-likeness (QED) is 0.608. The van der Waals surface area contributed by atoms with Gasteiger partial charge in [-0.05, 0) is 34.6 Å². The van der Waals surface area contributed by atoms with E-state index in [0.717, 1.165) is 16.7 Å². The Kier molecular flexibility index (Phi) is 7.60. The average molecular weight is 418 g/mol. The molecule has 0 N–H and O–H groups in total. The largest absolute Gasteiger partial charge is 0.466 e. The van der Waals surface area contributed by atoms with E-state index in [0.29, 0.717) is 13.2 Å². The zero-order valence-corrected chi connectivity index (χ0v) is 18.8. The van der Waals surface area contributed by atoms with Gasteiger partial charge in [0.15, 0.2) is 0 Å². The van der Waals surface area contributed by atoms with Crippen molar-refractivity contribution >= 4 is 16.0 Å². The van der Waals surface area contributed by atoms with Gasteiger partial charge >= 0.3 is 5.97 Å². The molecule has 6 heteroatoms. The van der Waals surface area contributed by atoms with Gasteiger partial charge in [-0.2, -0.15) is 4.31 Å². The number of rotatable bonds is 8. The van der Waals surface area contributed by atoms with Gasteiger partial charge in [-0.15, -0.1) is 0 Å². The topological polar surface area (TPSA) is 63.7 Å². The first-order valence-electron chi connectivity index (χ1n) is 9.77. The lowest BCUT2D eigenvalue weighted by atomic mass is 9.87. The molecule has 0 aromatic heterocycles. The van der Waals surface area contributed by atoms with E-state index in [-0.39, 0.29) is 24.3 Å². The number of hydrogen-bond acceptors (Lipinski definition) is 4. The maximum absolute atomic E-state index is 12.4. The van der Waals surface area contributed by atoms with Crippen molar-refractivity contribution < 1.29 is 17.9 Å². The fraction of sp³-hybridized carbons (Fsp3) is 0.435. The normalized spacial score (nSPS) is 12.2. The van der Waals surface area contributed by atoms with Gasteiger partial charge in [-0.1, -0.05) is 69.3 Å².